The molecule has 234 valence electrons. The maximum Gasteiger partial charge on any atom is 0.410 e. The van der Waals surface area contributed by atoms with Gasteiger partial charge in [-0.1, -0.05) is 41.9 Å². The quantitative estimate of drug-likeness (QED) is 0.304. The zero-order valence-electron chi connectivity index (χ0n) is 25.7. The molecule has 44 heavy (non-hydrogen) atoms. The standard InChI is InChI=1S/C35H42ClN3O5/c1-35(2,3)44-34(43)39-20-18-37(19-21-39)23-24-4-13-30(25-5-9-28(36)10-6-25)31(22-24)32(40)26-14-16-38(17-15-26)29-11-7-27(8-12-29)33(41)42/h4-13,22,26,32,40H,14-21,23H2,1-3H3,(H,41,42)/t32-/m1/s1. The van der Waals surface area contributed by atoms with Crippen LogP contribution in [0.4, 0.5) is 10.5 Å². The highest BCUT2D eigenvalue weighted by Crippen LogP contribution is 2.38. The summed E-state index contributed by atoms with van der Waals surface area (Å²) < 4.78 is 5.55. The predicted molar refractivity (Wildman–Crippen MR) is 173 cm³/mol. The van der Waals surface area contributed by atoms with Crippen molar-refractivity contribution in [3.8, 4) is 11.1 Å². The summed E-state index contributed by atoms with van der Waals surface area (Å²) in [7, 11) is 0. The average molecular weight is 620 g/mol. The highest BCUT2D eigenvalue weighted by molar-refractivity contribution is 6.30. The first-order valence-corrected chi connectivity index (χ1v) is 15.7. The molecule has 1 atom stereocenters. The largest absolute Gasteiger partial charge is 0.478 e. The van der Waals surface area contributed by atoms with Gasteiger partial charge in [0.1, 0.15) is 5.60 Å². The molecule has 0 radical (unpaired) electrons. The van der Waals surface area contributed by atoms with Gasteiger partial charge in [-0.2, -0.15) is 0 Å². The number of ether oxygens (including phenoxy) is 1. The van der Waals surface area contributed by atoms with Crippen LogP contribution in [0, 0.1) is 5.92 Å². The molecule has 2 N–H and O–H groups in total. The molecule has 2 aliphatic rings. The zero-order valence-corrected chi connectivity index (χ0v) is 26.5. The molecule has 2 heterocycles. The number of piperazine rings is 1. The van der Waals surface area contributed by atoms with E-state index in [1.807, 2.05) is 57.2 Å². The SMILES string of the molecule is CC(C)(C)OC(=O)N1CCN(Cc2ccc(-c3ccc(Cl)cc3)c([C@H](O)C3CCN(c4ccc(C(=O)O)cc4)CC3)c2)CC1. The third-order valence-electron chi connectivity index (χ3n) is 8.49. The molecule has 3 aromatic rings. The van der Waals surface area contributed by atoms with E-state index in [9.17, 15) is 19.8 Å². The van der Waals surface area contributed by atoms with E-state index >= 15 is 0 Å². The maximum atomic E-state index is 12.5. The molecule has 0 aliphatic carbocycles. The Morgan fingerprint density at radius 2 is 1.55 bits per heavy atom. The molecular weight excluding hydrogens is 578 g/mol. The van der Waals surface area contributed by atoms with Gasteiger partial charge in [0.15, 0.2) is 0 Å². The first-order valence-electron chi connectivity index (χ1n) is 15.3. The number of hydrogen-bond acceptors (Lipinski definition) is 6. The second-order valence-electron chi connectivity index (χ2n) is 12.8. The molecule has 0 spiro atoms. The van der Waals surface area contributed by atoms with E-state index in [1.54, 1.807) is 17.0 Å². The van der Waals surface area contributed by atoms with Gasteiger partial charge in [-0.25, -0.2) is 9.59 Å². The Kier molecular flexibility index (Phi) is 9.83. The minimum atomic E-state index is -0.930. The number of aliphatic hydroxyl groups is 1. The van der Waals surface area contributed by atoms with E-state index in [4.69, 9.17) is 16.3 Å². The van der Waals surface area contributed by atoms with E-state index in [1.165, 1.54) is 0 Å². The molecule has 5 rings (SSSR count). The van der Waals surface area contributed by atoms with Crippen LogP contribution in [0.2, 0.25) is 5.02 Å². The summed E-state index contributed by atoms with van der Waals surface area (Å²) in [6.45, 7) is 10.7. The number of nitrogens with zero attached hydrogens (tertiary/aromatic N) is 3. The lowest BCUT2D eigenvalue weighted by Crippen LogP contribution is -2.49. The van der Waals surface area contributed by atoms with E-state index in [0.717, 1.165) is 73.5 Å². The molecule has 2 aliphatic heterocycles. The van der Waals surface area contributed by atoms with Crippen molar-refractivity contribution in [3.63, 3.8) is 0 Å². The molecule has 0 unspecified atom stereocenters. The fourth-order valence-electron chi connectivity index (χ4n) is 6.06. The van der Waals surface area contributed by atoms with Crippen LogP contribution in [-0.4, -0.2) is 76.9 Å². The highest BCUT2D eigenvalue weighted by atomic mass is 35.5. The molecule has 1 amide bonds. The van der Waals surface area contributed by atoms with Crippen LogP contribution in [0.1, 0.15) is 61.2 Å². The number of carboxylic acid groups (broad SMARTS) is 1. The van der Waals surface area contributed by atoms with Crippen molar-refractivity contribution in [2.75, 3.05) is 44.2 Å². The molecule has 0 bridgehead atoms. The van der Waals surface area contributed by atoms with Crippen LogP contribution in [-0.2, 0) is 11.3 Å². The average Bonchev–Trinajstić information content (AvgIpc) is 3.01. The third-order valence-corrected chi connectivity index (χ3v) is 8.74. The number of aliphatic hydroxyl groups excluding tert-OH is 1. The molecular formula is C35H42ClN3O5. The van der Waals surface area contributed by atoms with Gasteiger partial charge in [0.2, 0.25) is 0 Å². The topological polar surface area (TPSA) is 93.6 Å². The molecule has 0 aromatic heterocycles. The molecule has 2 fully saturated rings. The predicted octanol–water partition coefficient (Wildman–Crippen LogP) is 6.71. The lowest BCUT2D eigenvalue weighted by atomic mass is 9.83. The number of hydrogen-bond donors (Lipinski definition) is 2. The minimum absolute atomic E-state index is 0.0863. The minimum Gasteiger partial charge on any atom is -0.478 e. The molecule has 2 saturated heterocycles. The Labute approximate surface area is 264 Å². The van der Waals surface area contributed by atoms with Gasteiger partial charge in [0.25, 0.3) is 0 Å². The van der Waals surface area contributed by atoms with Crippen molar-refractivity contribution in [1.82, 2.24) is 9.80 Å². The Morgan fingerprint density at radius 1 is 0.909 bits per heavy atom. The number of rotatable bonds is 7. The van der Waals surface area contributed by atoms with Crippen molar-refractivity contribution < 1.29 is 24.5 Å². The van der Waals surface area contributed by atoms with E-state index < -0.39 is 17.7 Å². The van der Waals surface area contributed by atoms with Gasteiger partial charge in [0.05, 0.1) is 11.7 Å². The fourth-order valence-corrected chi connectivity index (χ4v) is 6.19. The molecule has 8 nitrogen and oxygen atoms in total. The third kappa shape index (κ3) is 7.92. The van der Waals surface area contributed by atoms with Crippen molar-refractivity contribution in [1.29, 1.82) is 0 Å². The van der Waals surface area contributed by atoms with E-state index in [0.29, 0.717) is 18.1 Å². The second kappa shape index (κ2) is 13.6. The van der Waals surface area contributed by atoms with Gasteiger partial charge in [-0.05, 0) is 98.2 Å². The Balaban J connectivity index is 1.28. The number of aromatic carboxylic acids is 1. The van der Waals surface area contributed by atoms with E-state index in [2.05, 4.69) is 28.0 Å². The Bertz CT molecular complexity index is 1440. The second-order valence-corrected chi connectivity index (χ2v) is 13.2. The summed E-state index contributed by atoms with van der Waals surface area (Å²) >= 11 is 6.19. The van der Waals surface area contributed by atoms with Crippen LogP contribution < -0.4 is 4.90 Å². The maximum absolute atomic E-state index is 12.5. The van der Waals surface area contributed by atoms with Gasteiger partial charge < -0.3 is 24.7 Å². The van der Waals surface area contributed by atoms with Crippen LogP contribution in [0.3, 0.4) is 0 Å². The molecule has 3 aromatic carbocycles. The van der Waals surface area contributed by atoms with Gasteiger partial charge in [-0.3, -0.25) is 4.90 Å². The number of anilines is 1. The normalized spacial score (nSPS) is 17.4. The van der Waals surface area contributed by atoms with Crippen molar-refractivity contribution in [2.24, 2.45) is 5.92 Å². The monoisotopic (exact) mass is 619 g/mol. The van der Waals surface area contributed by atoms with Crippen LogP contribution in [0.5, 0.6) is 0 Å². The first-order chi connectivity index (χ1) is 21.0. The highest BCUT2D eigenvalue weighted by Gasteiger charge is 2.30. The number of benzene rings is 3. The van der Waals surface area contributed by atoms with Gasteiger partial charge in [-0.15, -0.1) is 0 Å². The number of amides is 1. The Morgan fingerprint density at radius 3 is 2.14 bits per heavy atom. The molecule has 0 saturated carbocycles. The first kappa shape index (κ1) is 31.8. The lowest BCUT2D eigenvalue weighted by molar-refractivity contribution is 0.0138. The van der Waals surface area contributed by atoms with Crippen LogP contribution in [0.25, 0.3) is 11.1 Å². The van der Waals surface area contributed by atoms with Crippen molar-refractivity contribution in [3.05, 3.63) is 88.4 Å². The number of carbonyl (C=O) groups excluding carboxylic acids is 1. The van der Waals surface area contributed by atoms with Gasteiger partial charge >= 0.3 is 12.1 Å². The van der Waals surface area contributed by atoms with Gasteiger partial charge in [0, 0.05) is 56.5 Å². The summed E-state index contributed by atoms with van der Waals surface area (Å²) in [6, 6.07) is 21.1. The number of halogens is 1. The van der Waals surface area contributed by atoms with Crippen LogP contribution >= 0.6 is 11.6 Å². The lowest BCUT2D eigenvalue weighted by Gasteiger charge is -2.37. The summed E-state index contributed by atoms with van der Waals surface area (Å²) in [5.41, 5.74) is 4.81. The summed E-state index contributed by atoms with van der Waals surface area (Å²) in [4.78, 5) is 30.1. The summed E-state index contributed by atoms with van der Waals surface area (Å²) in [5.74, 6) is -0.844. The number of carboxylic acids is 1. The Hall–Kier alpha value is -3.59. The summed E-state index contributed by atoms with van der Waals surface area (Å²) in [6.07, 6.45) is 0.733. The number of piperidine rings is 1. The fraction of sp³-hybridized carbons (Fsp3) is 0.429. The van der Waals surface area contributed by atoms with E-state index in [-0.39, 0.29) is 17.6 Å². The smallest absolute Gasteiger partial charge is 0.410 e. The van der Waals surface area contributed by atoms with Crippen molar-refractivity contribution >= 4 is 29.4 Å². The zero-order chi connectivity index (χ0) is 31.4. The van der Waals surface area contributed by atoms with Crippen LogP contribution in [0.15, 0.2) is 66.7 Å². The molecule has 9 heteroatoms. The van der Waals surface area contributed by atoms with Crippen molar-refractivity contribution in [2.45, 2.75) is 51.9 Å². The number of carbonyl (C=O) groups is 2. The summed E-state index contributed by atoms with van der Waals surface area (Å²) in [5, 5.41) is 21.7.